The lowest BCUT2D eigenvalue weighted by molar-refractivity contribution is 0.548. The minimum atomic E-state index is 0.414. The van der Waals surface area contributed by atoms with Crippen molar-refractivity contribution in [3.8, 4) is 10.8 Å². The van der Waals surface area contributed by atoms with Gasteiger partial charge in [-0.2, -0.15) is 0 Å². The van der Waals surface area contributed by atoms with Crippen LogP contribution >= 0.6 is 11.3 Å². The van der Waals surface area contributed by atoms with E-state index in [0.717, 1.165) is 28.6 Å². The lowest BCUT2D eigenvalue weighted by Crippen LogP contribution is -2.11. The molecule has 0 saturated heterocycles. The monoisotopic (exact) mass is 250 g/mol. The lowest BCUT2D eigenvalue weighted by atomic mass is 10.0. The van der Waals surface area contributed by atoms with Crippen LogP contribution in [0.4, 0.5) is 0 Å². The fourth-order valence-electron chi connectivity index (χ4n) is 1.90. The summed E-state index contributed by atoms with van der Waals surface area (Å²) in [7, 11) is 0. The number of hydrogen-bond acceptors (Lipinski definition) is 4. The van der Waals surface area contributed by atoms with Crippen LogP contribution in [0.1, 0.15) is 35.6 Å². The standard InChI is InChI=1S/C13H18N2OS/c1-4-10(7-14)12-9(3)15-13(17-12)11-6-5-8(2)16-11/h5-6,10H,4,7,14H2,1-3H3. The van der Waals surface area contributed by atoms with E-state index in [1.54, 1.807) is 11.3 Å². The third kappa shape index (κ3) is 2.42. The predicted molar refractivity (Wildman–Crippen MR) is 71.4 cm³/mol. The van der Waals surface area contributed by atoms with Crippen LogP contribution in [-0.2, 0) is 0 Å². The molecule has 0 aliphatic heterocycles. The minimum absolute atomic E-state index is 0.414. The summed E-state index contributed by atoms with van der Waals surface area (Å²) in [6.07, 6.45) is 1.05. The largest absolute Gasteiger partial charge is 0.459 e. The predicted octanol–water partition coefficient (Wildman–Crippen LogP) is 3.47. The van der Waals surface area contributed by atoms with E-state index in [1.807, 2.05) is 26.0 Å². The highest BCUT2D eigenvalue weighted by Gasteiger charge is 2.17. The van der Waals surface area contributed by atoms with Gasteiger partial charge in [-0.1, -0.05) is 6.92 Å². The maximum absolute atomic E-state index is 5.79. The second-order valence-electron chi connectivity index (χ2n) is 4.22. The summed E-state index contributed by atoms with van der Waals surface area (Å²) in [5, 5.41) is 0.956. The molecule has 2 heterocycles. The van der Waals surface area contributed by atoms with Crippen LogP contribution in [-0.4, -0.2) is 11.5 Å². The fourth-order valence-corrected chi connectivity index (χ4v) is 3.13. The number of furan rings is 1. The van der Waals surface area contributed by atoms with Gasteiger partial charge in [0, 0.05) is 17.3 Å². The molecule has 1 unspecified atom stereocenters. The normalized spacial score (nSPS) is 12.9. The molecule has 2 N–H and O–H groups in total. The van der Waals surface area contributed by atoms with Crippen molar-refractivity contribution in [2.45, 2.75) is 33.1 Å². The third-order valence-electron chi connectivity index (χ3n) is 2.93. The third-order valence-corrected chi connectivity index (χ3v) is 4.27. The van der Waals surface area contributed by atoms with E-state index in [4.69, 9.17) is 10.2 Å². The van der Waals surface area contributed by atoms with Gasteiger partial charge in [-0.25, -0.2) is 4.98 Å². The number of hydrogen-bond donors (Lipinski definition) is 1. The molecule has 0 amide bonds. The van der Waals surface area contributed by atoms with Gasteiger partial charge in [0.1, 0.15) is 5.76 Å². The quantitative estimate of drug-likeness (QED) is 0.904. The average Bonchev–Trinajstić information content (AvgIpc) is 2.88. The molecule has 0 aliphatic carbocycles. The van der Waals surface area contributed by atoms with Gasteiger partial charge in [-0.3, -0.25) is 0 Å². The van der Waals surface area contributed by atoms with E-state index in [9.17, 15) is 0 Å². The Morgan fingerprint density at radius 1 is 1.41 bits per heavy atom. The molecule has 92 valence electrons. The second kappa shape index (κ2) is 5.02. The van der Waals surface area contributed by atoms with Gasteiger partial charge < -0.3 is 10.2 Å². The van der Waals surface area contributed by atoms with Crippen LogP contribution in [0.3, 0.4) is 0 Å². The minimum Gasteiger partial charge on any atom is -0.459 e. The van der Waals surface area contributed by atoms with Crippen molar-refractivity contribution in [2.75, 3.05) is 6.54 Å². The van der Waals surface area contributed by atoms with Gasteiger partial charge >= 0.3 is 0 Å². The first kappa shape index (κ1) is 12.3. The van der Waals surface area contributed by atoms with E-state index >= 15 is 0 Å². The molecule has 2 rings (SSSR count). The summed E-state index contributed by atoms with van der Waals surface area (Å²) < 4.78 is 5.60. The molecule has 2 aromatic heterocycles. The van der Waals surface area contributed by atoms with Crippen LogP contribution in [0, 0.1) is 13.8 Å². The van der Waals surface area contributed by atoms with E-state index < -0.39 is 0 Å². The maximum atomic E-state index is 5.79. The van der Waals surface area contributed by atoms with Crippen LogP contribution in [0.5, 0.6) is 0 Å². The average molecular weight is 250 g/mol. The zero-order valence-electron chi connectivity index (χ0n) is 10.5. The molecule has 0 saturated carbocycles. The van der Waals surface area contributed by atoms with Crippen molar-refractivity contribution in [3.63, 3.8) is 0 Å². The number of thiazole rings is 1. The zero-order valence-corrected chi connectivity index (χ0v) is 11.3. The van der Waals surface area contributed by atoms with Crippen LogP contribution in [0.25, 0.3) is 10.8 Å². The Balaban J connectivity index is 2.36. The van der Waals surface area contributed by atoms with Crippen molar-refractivity contribution in [1.29, 1.82) is 0 Å². The highest BCUT2D eigenvalue weighted by Crippen LogP contribution is 2.34. The summed E-state index contributed by atoms with van der Waals surface area (Å²) in [5.74, 6) is 2.19. The molecule has 0 aromatic carbocycles. The van der Waals surface area contributed by atoms with E-state index in [-0.39, 0.29) is 0 Å². The highest BCUT2D eigenvalue weighted by atomic mass is 32.1. The van der Waals surface area contributed by atoms with Crippen molar-refractivity contribution < 1.29 is 4.42 Å². The van der Waals surface area contributed by atoms with Crippen LogP contribution < -0.4 is 5.73 Å². The molecule has 0 aliphatic rings. The van der Waals surface area contributed by atoms with E-state index in [2.05, 4.69) is 11.9 Å². The summed E-state index contributed by atoms with van der Waals surface area (Å²) in [6, 6.07) is 3.94. The molecule has 17 heavy (non-hydrogen) atoms. The van der Waals surface area contributed by atoms with Crippen molar-refractivity contribution in [1.82, 2.24) is 4.98 Å². The first-order valence-corrected chi connectivity index (χ1v) is 6.71. The first-order valence-electron chi connectivity index (χ1n) is 5.89. The second-order valence-corrected chi connectivity index (χ2v) is 5.25. The molecular weight excluding hydrogens is 232 g/mol. The Morgan fingerprint density at radius 2 is 2.18 bits per heavy atom. The molecule has 4 heteroatoms. The number of nitrogens with two attached hydrogens (primary N) is 1. The SMILES string of the molecule is CCC(CN)c1sc(-c2ccc(C)o2)nc1C. The molecule has 0 radical (unpaired) electrons. The van der Waals surface area contributed by atoms with Gasteiger partial charge in [0.05, 0.1) is 5.69 Å². The number of rotatable bonds is 4. The first-order chi connectivity index (χ1) is 8.15. The molecule has 0 bridgehead atoms. The van der Waals surface area contributed by atoms with Crippen LogP contribution in [0.2, 0.25) is 0 Å². The molecule has 3 nitrogen and oxygen atoms in total. The Hall–Kier alpha value is -1.13. The summed E-state index contributed by atoms with van der Waals surface area (Å²) in [4.78, 5) is 5.87. The molecule has 0 spiro atoms. The van der Waals surface area contributed by atoms with E-state index in [0.29, 0.717) is 12.5 Å². The van der Waals surface area contributed by atoms with Gasteiger partial charge in [0.15, 0.2) is 10.8 Å². The van der Waals surface area contributed by atoms with E-state index in [1.165, 1.54) is 4.88 Å². The Bertz CT molecular complexity index is 497. The Kier molecular flexibility index (Phi) is 3.64. The summed E-state index contributed by atoms with van der Waals surface area (Å²) in [5.41, 5.74) is 6.87. The van der Waals surface area contributed by atoms with Gasteiger partial charge in [-0.05, 0) is 32.4 Å². The van der Waals surface area contributed by atoms with Crippen molar-refractivity contribution in [2.24, 2.45) is 5.73 Å². The maximum Gasteiger partial charge on any atom is 0.162 e. The fraction of sp³-hybridized carbons (Fsp3) is 0.462. The van der Waals surface area contributed by atoms with Gasteiger partial charge in [0.25, 0.3) is 0 Å². The number of nitrogens with zero attached hydrogens (tertiary/aromatic N) is 1. The van der Waals surface area contributed by atoms with Crippen molar-refractivity contribution in [3.05, 3.63) is 28.5 Å². The molecule has 1 atom stereocenters. The van der Waals surface area contributed by atoms with Gasteiger partial charge in [0.2, 0.25) is 0 Å². The Morgan fingerprint density at radius 3 is 2.71 bits per heavy atom. The molecule has 2 aromatic rings. The number of aromatic nitrogens is 1. The van der Waals surface area contributed by atoms with Crippen LogP contribution in [0.15, 0.2) is 16.5 Å². The molecule has 0 fully saturated rings. The number of aryl methyl sites for hydroxylation is 2. The summed E-state index contributed by atoms with van der Waals surface area (Å²) in [6.45, 7) is 6.83. The van der Waals surface area contributed by atoms with Crippen molar-refractivity contribution >= 4 is 11.3 Å². The lowest BCUT2D eigenvalue weighted by Gasteiger charge is -2.09. The summed E-state index contributed by atoms with van der Waals surface area (Å²) >= 11 is 1.70. The highest BCUT2D eigenvalue weighted by molar-refractivity contribution is 7.15. The Labute approximate surface area is 106 Å². The topological polar surface area (TPSA) is 52.0 Å². The smallest absolute Gasteiger partial charge is 0.162 e. The van der Waals surface area contributed by atoms with Gasteiger partial charge in [-0.15, -0.1) is 11.3 Å². The molecular formula is C13H18N2OS. The zero-order chi connectivity index (χ0) is 12.4.